The van der Waals surface area contributed by atoms with Crippen molar-refractivity contribution in [2.75, 3.05) is 6.54 Å². The van der Waals surface area contributed by atoms with Crippen LogP contribution in [0.1, 0.15) is 32.5 Å². The first-order valence-corrected chi connectivity index (χ1v) is 5.99. The molecule has 1 aliphatic rings. The topological polar surface area (TPSA) is 84.7 Å². The van der Waals surface area contributed by atoms with Gasteiger partial charge in [0.05, 0.1) is 25.1 Å². The van der Waals surface area contributed by atoms with Crippen LogP contribution in [0.25, 0.3) is 0 Å². The molecule has 0 saturated heterocycles. The van der Waals surface area contributed by atoms with E-state index in [1.165, 1.54) is 11.2 Å². The van der Waals surface area contributed by atoms with E-state index in [1.54, 1.807) is 31.5 Å². The number of amides is 1. The third-order valence-corrected chi connectivity index (χ3v) is 2.76. The fraction of sp³-hybridized carbons (Fsp3) is 0.583. The summed E-state index contributed by atoms with van der Waals surface area (Å²) in [5.74, 6) is -0.993. The zero-order valence-electron chi connectivity index (χ0n) is 11.2. The number of carbonyl (C=O) groups excluding carboxylic acids is 1. The number of hydrogen-bond donors (Lipinski definition) is 1. The van der Waals surface area contributed by atoms with Crippen LogP contribution in [0, 0.1) is 0 Å². The van der Waals surface area contributed by atoms with Gasteiger partial charge in [0.2, 0.25) is 0 Å². The molecule has 2 heterocycles. The molecule has 7 heteroatoms. The Morgan fingerprint density at radius 2 is 2.16 bits per heavy atom. The molecule has 0 bridgehead atoms. The van der Waals surface area contributed by atoms with E-state index in [4.69, 9.17) is 4.74 Å². The Kier molecular flexibility index (Phi) is 3.21. The number of carbonyl (C=O) groups is 2. The van der Waals surface area contributed by atoms with Crippen molar-refractivity contribution in [1.29, 1.82) is 0 Å². The van der Waals surface area contributed by atoms with Crippen molar-refractivity contribution < 1.29 is 19.4 Å². The SMILES string of the molecule is CC(C)(C)OC(=O)N1Cc2cncn2C(C(=O)O)C1. The maximum absolute atomic E-state index is 12.0. The zero-order chi connectivity index (χ0) is 14.2. The van der Waals surface area contributed by atoms with E-state index in [0.717, 1.165) is 0 Å². The van der Waals surface area contributed by atoms with Gasteiger partial charge in [0, 0.05) is 6.20 Å². The highest BCUT2D eigenvalue weighted by atomic mass is 16.6. The zero-order valence-corrected chi connectivity index (χ0v) is 11.2. The number of aromatic nitrogens is 2. The molecule has 1 amide bonds. The van der Waals surface area contributed by atoms with Gasteiger partial charge < -0.3 is 14.4 Å². The molecule has 1 unspecified atom stereocenters. The largest absolute Gasteiger partial charge is 0.480 e. The van der Waals surface area contributed by atoms with E-state index < -0.39 is 23.7 Å². The number of hydrogen-bond acceptors (Lipinski definition) is 4. The Balaban J connectivity index is 2.19. The van der Waals surface area contributed by atoms with Crippen LogP contribution in [0.15, 0.2) is 12.5 Å². The minimum absolute atomic E-state index is 0.0770. The lowest BCUT2D eigenvalue weighted by molar-refractivity contribution is -0.142. The Hall–Kier alpha value is -2.05. The lowest BCUT2D eigenvalue weighted by Crippen LogP contribution is -2.45. The molecular formula is C12H17N3O4. The summed E-state index contributed by atoms with van der Waals surface area (Å²) >= 11 is 0. The molecule has 0 aliphatic carbocycles. The molecule has 0 saturated carbocycles. The van der Waals surface area contributed by atoms with E-state index in [2.05, 4.69) is 4.98 Å². The Labute approximate surface area is 110 Å². The minimum Gasteiger partial charge on any atom is -0.480 e. The van der Waals surface area contributed by atoms with Gasteiger partial charge in [0.25, 0.3) is 0 Å². The summed E-state index contributed by atoms with van der Waals surface area (Å²) in [5.41, 5.74) is 0.0811. The van der Waals surface area contributed by atoms with Crippen molar-refractivity contribution >= 4 is 12.1 Å². The summed E-state index contributed by atoms with van der Waals surface area (Å²) in [7, 11) is 0. The summed E-state index contributed by atoms with van der Waals surface area (Å²) in [4.78, 5) is 28.6. The Morgan fingerprint density at radius 3 is 2.74 bits per heavy atom. The number of nitrogens with zero attached hydrogens (tertiary/aromatic N) is 3. The van der Waals surface area contributed by atoms with Gasteiger partial charge in [0.1, 0.15) is 11.6 Å². The number of aliphatic carboxylic acids is 1. The fourth-order valence-corrected chi connectivity index (χ4v) is 1.95. The lowest BCUT2D eigenvalue weighted by atomic mass is 10.2. The second-order valence-corrected chi connectivity index (χ2v) is 5.51. The predicted molar refractivity (Wildman–Crippen MR) is 65.5 cm³/mol. The summed E-state index contributed by atoms with van der Waals surface area (Å²) in [6.07, 6.45) is 2.53. The number of rotatable bonds is 1. The van der Waals surface area contributed by atoms with Gasteiger partial charge in [-0.1, -0.05) is 0 Å². The van der Waals surface area contributed by atoms with Crippen LogP contribution in [0.4, 0.5) is 4.79 Å². The highest BCUT2D eigenvalue weighted by molar-refractivity contribution is 5.75. The van der Waals surface area contributed by atoms with Crippen LogP contribution in [0.2, 0.25) is 0 Å². The number of fused-ring (bicyclic) bond motifs is 1. The van der Waals surface area contributed by atoms with Crippen molar-refractivity contribution in [3.63, 3.8) is 0 Å². The third-order valence-electron chi connectivity index (χ3n) is 2.76. The monoisotopic (exact) mass is 267 g/mol. The predicted octanol–water partition coefficient (Wildman–Crippen LogP) is 1.26. The first-order valence-electron chi connectivity index (χ1n) is 5.99. The van der Waals surface area contributed by atoms with Crippen LogP contribution in [0.3, 0.4) is 0 Å². The second-order valence-electron chi connectivity index (χ2n) is 5.51. The van der Waals surface area contributed by atoms with Gasteiger partial charge in [-0.05, 0) is 20.8 Å². The van der Waals surface area contributed by atoms with E-state index in [1.807, 2.05) is 0 Å². The van der Waals surface area contributed by atoms with Crippen molar-refractivity contribution in [2.24, 2.45) is 0 Å². The molecule has 0 spiro atoms. The van der Waals surface area contributed by atoms with E-state index in [9.17, 15) is 14.7 Å². The summed E-state index contributed by atoms with van der Waals surface area (Å²) in [6.45, 7) is 5.70. The fourth-order valence-electron chi connectivity index (χ4n) is 1.95. The Morgan fingerprint density at radius 1 is 1.47 bits per heavy atom. The molecule has 104 valence electrons. The summed E-state index contributed by atoms with van der Waals surface area (Å²) in [5, 5.41) is 9.21. The van der Waals surface area contributed by atoms with Gasteiger partial charge in [0.15, 0.2) is 0 Å². The second kappa shape index (κ2) is 4.56. The van der Waals surface area contributed by atoms with Crippen molar-refractivity contribution in [2.45, 2.75) is 39.0 Å². The quantitative estimate of drug-likeness (QED) is 0.828. The Bertz CT molecular complexity index is 503. The first kappa shape index (κ1) is 13.4. The number of carboxylic acid groups (broad SMARTS) is 1. The minimum atomic E-state index is -0.993. The maximum atomic E-state index is 12.0. The van der Waals surface area contributed by atoms with Crippen LogP contribution in [-0.4, -0.2) is 43.8 Å². The molecule has 1 N–H and O–H groups in total. The lowest BCUT2D eigenvalue weighted by Gasteiger charge is -2.33. The van der Waals surface area contributed by atoms with Crippen molar-refractivity contribution in [3.8, 4) is 0 Å². The van der Waals surface area contributed by atoms with E-state index >= 15 is 0 Å². The van der Waals surface area contributed by atoms with Crippen molar-refractivity contribution in [3.05, 3.63) is 18.2 Å². The average molecular weight is 267 g/mol. The molecule has 7 nitrogen and oxygen atoms in total. The number of imidazole rings is 1. The smallest absolute Gasteiger partial charge is 0.410 e. The third kappa shape index (κ3) is 2.86. The van der Waals surface area contributed by atoms with Gasteiger partial charge in [-0.25, -0.2) is 14.6 Å². The van der Waals surface area contributed by atoms with Crippen LogP contribution < -0.4 is 0 Å². The highest BCUT2D eigenvalue weighted by Gasteiger charge is 2.34. The average Bonchev–Trinajstić information content (AvgIpc) is 2.72. The van der Waals surface area contributed by atoms with Gasteiger partial charge in [-0.15, -0.1) is 0 Å². The van der Waals surface area contributed by atoms with Crippen LogP contribution in [0.5, 0.6) is 0 Å². The van der Waals surface area contributed by atoms with Crippen LogP contribution >= 0.6 is 0 Å². The molecule has 1 aromatic rings. The maximum Gasteiger partial charge on any atom is 0.410 e. The number of ether oxygens (including phenoxy) is 1. The highest BCUT2D eigenvalue weighted by Crippen LogP contribution is 2.22. The van der Waals surface area contributed by atoms with E-state index in [0.29, 0.717) is 12.2 Å². The van der Waals surface area contributed by atoms with Gasteiger partial charge in [-0.3, -0.25) is 4.90 Å². The number of carboxylic acids is 1. The molecule has 2 rings (SSSR count). The van der Waals surface area contributed by atoms with E-state index in [-0.39, 0.29) is 6.54 Å². The molecule has 1 aromatic heterocycles. The normalized spacial score (nSPS) is 18.9. The standard InChI is InChI=1S/C12H17N3O4/c1-12(2,3)19-11(18)14-5-8-4-13-7-15(8)9(6-14)10(16)17/h4,7,9H,5-6H2,1-3H3,(H,16,17). The molecule has 19 heavy (non-hydrogen) atoms. The molecule has 1 atom stereocenters. The van der Waals surface area contributed by atoms with Gasteiger partial charge in [-0.2, -0.15) is 0 Å². The summed E-state index contributed by atoms with van der Waals surface area (Å²) in [6, 6.07) is -0.821. The molecule has 0 aromatic carbocycles. The van der Waals surface area contributed by atoms with Gasteiger partial charge >= 0.3 is 12.1 Å². The summed E-state index contributed by atoms with van der Waals surface area (Å²) < 4.78 is 6.83. The molecule has 0 fully saturated rings. The molecule has 1 aliphatic heterocycles. The molecule has 0 radical (unpaired) electrons. The van der Waals surface area contributed by atoms with Crippen molar-refractivity contribution in [1.82, 2.24) is 14.5 Å². The van der Waals surface area contributed by atoms with Crippen LogP contribution in [-0.2, 0) is 16.1 Å². The molecular weight excluding hydrogens is 250 g/mol. The first-order chi connectivity index (χ1) is 8.78.